The van der Waals surface area contributed by atoms with Crippen molar-refractivity contribution >= 4 is 63.1 Å². The molecule has 0 spiro atoms. The maximum absolute atomic E-state index is 14.0. The monoisotopic (exact) mass is 825 g/mol. The normalized spacial score (nSPS) is 14.9. The number of aromatic hydroxyl groups is 1. The van der Waals surface area contributed by atoms with Crippen molar-refractivity contribution in [2.45, 2.75) is 84.6 Å². The van der Waals surface area contributed by atoms with E-state index in [4.69, 9.17) is 9.97 Å². The van der Waals surface area contributed by atoms with Gasteiger partial charge in [0.2, 0.25) is 5.91 Å². The van der Waals surface area contributed by atoms with Crippen molar-refractivity contribution in [3.63, 3.8) is 0 Å². The van der Waals surface area contributed by atoms with Gasteiger partial charge >= 0.3 is 88.7 Å². The summed E-state index contributed by atoms with van der Waals surface area (Å²) < 4.78 is 0. The van der Waals surface area contributed by atoms with Crippen molar-refractivity contribution in [2.75, 3.05) is 0 Å². The van der Waals surface area contributed by atoms with Crippen LogP contribution in [0.2, 0.25) is 0 Å². The predicted molar refractivity (Wildman–Crippen MR) is 205 cm³/mol. The minimum Gasteiger partial charge on any atom is -0.550 e. The third-order valence-corrected chi connectivity index (χ3v) is 10.9. The van der Waals surface area contributed by atoms with Gasteiger partial charge in [0, 0.05) is 62.3 Å². The van der Waals surface area contributed by atoms with Gasteiger partial charge in [0.15, 0.2) is 0 Å². The molecule has 16 heteroatoms. The van der Waals surface area contributed by atoms with Crippen LogP contribution < -0.4 is 109 Å². The van der Waals surface area contributed by atoms with Crippen LogP contribution in [0, 0.1) is 13.8 Å². The number of carboxylic acids is 3. The zero-order chi connectivity index (χ0) is 40.6. The molecule has 1 amide bonds. The van der Waals surface area contributed by atoms with Crippen LogP contribution in [-0.4, -0.2) is 54.9 Å². The van der Waals surface area contributed by atoms with E-state index in [0.717, 1.165) is 38.8 Å². The Morgan fingerprint density at radius 3 is 2.14 bits per heavy atom. The van der Waals surface area contributed by atoms with E-state index in [0.29, 0.717) is 28.9 Å². The summed E-state index contributed by atoms with van der Waals surface area (Å²) in [6.45, 7) is 13.5. The first kappa shape index (κ1) is 49.9. The quantitative estimate of drug-likeness (QED) is 0.0990. The fourth-order valence-corrected chi connectivity index (χ4v) is 7.82. The van der Waals surface area contributed by atoms with E-state index in [1.165, 1.54) is 24.3 Å². The Kier molecular flexibility index (Phi) is 17.6. The Bertz CT molecular complexity index is 2510. The number of aromatic amines is 2. The number of nitrogens with one attached hydrogen (secondary N) is 3. The van der Waals surface area contributed by atoms with E-state index in [9.17, 15) is 39.6 Å². The number of benzene rings is 1. The van der Waals surface area contributed by atoms with Crippen molar-refractivity contribution in [3.8, 4) is 5.75 Å². The predicted octanol–water partition coefficient (Wildman–Crippen LogP) is -6.03. The van der Waals surface area contributed by atoms with E-state index >= 15 is 0 Å². The number of aromatic nitrogens is 4. The third-order valence-electron chi connectivity index (χ3n) is 10.9. The molecule has 0 saturated heterocycles. The number of allylic oxidation sites excluding steroid dienone is 1. The number of carbonyl (C=O) groups excluding carboxylic acids is 4. The molecular formula is C43H42N5Na3O8. The number of amides is 1. The molecule has 1 unspecified atom stereocenters. The molecule has 5 heterocycles. The van der Waals surface area contributed by atoms with Gasteiger partial charge in [0.1, 0.15) is 5.75 Å². The van der Waals surface area contributed by atoms with Crippen molar-refractivity contribution < 1.29 is 128 Å². The second kappa shape index (κ2) is 20.8. The Hall–Kier alpha value is -3.50. The summed E-state index contributed by atoms with van der Waals surface area (Å²) in [6, 6.07) is 9.91. The molecule has 8 bridgehead atoms. The standard InChI is InChI=1S/C43H45N5O8.3Na/c1-7-26-20(3)30-17-32-22(5)28(13-14-38(51)52)40(47-32)29(16-37(50)46-36(42(53)54)15-24-9-11-25(49)12-10-24)41-39(43(55)56)23(6)33(48-41)19-35-27(8-2)21(4)31(45-35)18-34(26)44-30;;;/h7,9-12,17-19,22,28,36,44-45,49H,1,8,13-16H2,2-6H3,(H,46,50)(H,51,52)(H,53,54)(H,55,56);;;/q;3*+1/p-3/t22-,28-,36?;;;/m0.../s1. The molecule has 3 aromatic heterocycles. The number of carboxylic acid groups (broad SMARTS) is 3. The molecule has 59 heavy (non-hydrogen) atoms. The van der Waals surface area contributed by atoms with Gasteiger partial charge in [0.25, 0.3) is 0 Å². The molecule has 6 rings (SSSR count). The second-order valence-electron chi connectivity index (χ2n) is 14.4. The molecule has 0 aliphatic carbocycles. The molecule has 13 nitrogen and oxygen atoms in total. The Labute approximate surface area is 408 Å². The van der Waals surface area contributed by atoms with Gasteiger partial charge in [-0.25, -0.2) is 4.98 Å². The molecule has 290 valence electrons. The number of H-pyrrole nitrogens is 2. The average Bonchev–Trinajstić information content (AvgIpc) is 3.83. The molecule has 4 aromatic rings. The molecule has 0 fully saturated rings. The molecule has 1 aromatic carbocycles. The topological polar surface area (TPSA) is 227 Å². The van der Waals surface area contributed by atoms with E-state index in [2.05, 4.69) is 21.9 Å². The van der Waals surface area contributed by atoms with Crippen LogP contribution >= 0.6 is 0 Å². The van der Waals surface area contributed by atoms with E-state index in [1.54, 1.807) is 19.1 Å². The largest absolute Gasteiger partial charge is 1.00 e. The molecular weight excluding hydrogens is 783 g/mol. The number of nitrogens with zero attached hydrogens (tertiary/aromatic N) is 2. The number of aliphatic carboxylic acids is 3. The minimum absolute atomic E-state index is 0. The number of phenolic OH excluding ortho intramolecular Hbond substituents is 1. The number of fused-ring (bicyclic) bond motifs is 8. The molecule has 2 aliphatic heterocycles. The number of phenols is 1. The first-order valence-electron chi connectivity index (χ1n) is 18.4. The number of carbonyl (C=O) groups is 4. The summed E-state index contributed by atoms with van der Waals surface area (Å²) in [4.78, 5) is 67.9. The van der Waals surface area contributed by atoms with Crippen LogP contribution in [0.4, 0.5) is 0 Å². The Morgan fingerprint density at radius 2 is 1.54 bits per heavy atom. The van der Waals surface area contributed by atoms with Crippen molar-refractivity contribution in [1.29, 1.82) is 0 Å². The van der Waals surface area contributed by atoms with Crippen LogP contribution in [-0.2, 0) is 38.4 Å². The summed E-state index contributed by atoms with van der Waals surface area (Å²) in [7, 11) is 0. The molecule has 2 aliphatic rings. The van der Waals surface area contributed by atoms with Crippen molar-refractivity contribution in [3.05, 3.63) is 105 Å². The minimum atomic E-state index is -1.56. The van der Waals surface area contributed by atoms with Gasteiger partial charge < -0.3 is 50.1 Å². The van der Waals surface area contributed by atoms with Gasteiger partial charge in [-0.3, -0.25) is 9.78 Å². The average molecular weight is 826 g/mol. The summed E-state index contributed by atoms with van der Waals surface area (Å²) in [5.74, 6) is -6.27. The Balaban J connectivity index is 0.00000310. The smallest absolute Gasteiger partial charge is 0.550 e. The van der Waals surface area contributed by atoms with Crippen LogP contribution in [0.1, 0.15) is 102 Å². The summed E-state index contributed by atoms with van der Waals surface area (Å²) in [5.41, 5.74) is 8.34. The van der Waals surface area contributed by atoms with Crippen LogP contribution in [0.5, 0.6) is 5.75 Å². The maximum atomic E-state index is 14.0. The van der Waals surface area contributed by atoms with Crippen LogP contribution in [0.15, 0.2) is 49.0 Å². The van der Waals surface area contributed by atoms with Gasteiger partial charge in [-0.1, -0.05) is 38.6 Å². The summed E-state index contributed by atoms with van der Waals surface area (Å²) in [6.07, 6.45) is 1.36. The fraction of sp³-hybridized carbons (Fsp3) is 0.302. The van der Waals surface area contributed by atoms with E-state index < -0.39 is 48.1 Å². The summed E-state index contributed by atoms with van der Waals surface area (Å²) in [5, 5.41) is 49.3. The van der Waals surface area contributed by atoms with Gasteiger partial charge in [-0.15, -0.1) is 0 Å². The third kappa shape index (κ3) is 10.5. The zero-order valence-corrected chi connectivity index (χ0v) is 40.8. The van der Waals surface area contributed by atoms with Crippen LogP contribution in [0.25, 0.3) is 39.3 Å². The molecule has 0 saturated carbocycles. The van der Waals surface area contributed by atoms with Gasteiger partial charge in [-0.2, -0.15) is 0 Å². The first-order valence-corrected chi connectivity index (χ1v) is 18.4. The molecule has 0 radical (unpaired) electrons. The summed E-state index contributed by atoms with van der Waals surface area (Å²) >= 11 is 0. The second-order valence-corrected chi connectivity index (χ2v) is 14.4. The molecule has 4 N–H and O–H groups in total. The van der Waals surface area contributed by atoms with Crippen LogP contribution in [0.3, 0.4) is 0 Å². The van der Waals surface area contributed by atoms with Gasteiger partial charge in [0.05, 0.1) is 41.5 Å². The van der Waals surface area contributed by atoms with Crippen molar-refractivity contribution in [1.82, 2.24) is 25.3 Å². The SMILES string of the molecule is C=Cc1c(C)c2cc3nc(c(CC(=O)NC(Cc4ccc(O)cc4)C(=O)[O-])c4nc(cc5[nH]c(cc1[nH]2)c(C)c5CC)C(C)=C4C(=O)[O-])[C@@H](CCC(=O)[O-])[C@@H]3C.[Na+].[Na+].[Na+]. The van der Waals surface area contributed by atoms with Crippen molar-refractivity contribution in [2.24, 2.45) is 0 Å². The molecule has 3 atom stereocenters. The van der Waals surface area contributed by atoms with E-state index in [1.807, 2.05) is 39.8 Å². The zero-order valence-electron chi connectivity index (χ0n) is 34.8. The fourth-order valence-electron chi connectivity index (χ4n) is 7.82. The number of hydrogen-bond acceptors (Lipinski definition) is 10. The number of hydrogen-bond donors (Lipinski definition) is 4. The Morgan fingerprint density at radius 1 is 0.898 bits per heavy atom. The van der Waals surface area contributed by atoms with E-state index in [-0.39, 0.29) is 142 Å². The first-order chi connectivity index (χ1) is 26.6. The number of rotatable bonds is 12. The maximum Gasteiger partial charge on any atom is 1.00 e. The van der Waals surface area contributed by atoms with Gasteiger partial charge in [-0.05, 0) is 105 Å². The number of aryl methyl sites for hydroxylation is 3.